The van der Waals surface area contributed by atoms with E-state index < -0.39 is 6.10 Å². The van der Waals surface area contributed by atoms with Gasteiger partial charge in [-0.15, -0.1) is 0 Å². The second kappa shape index (κ2) is 10.1. The zero-order valence-corrected chi connectivity index (χ0v) is 19.1. The molecule has 4 nitrogen and oxygen atoms in total. The molecular weight excluding hydrogens is 348 g/mol. The molecule has 160 valence electrons. The molecule has 1 aliphatic heterocycles. The monoisotopic (exact) mass is 392 g/mol. The van der Waals surface area contributed by atoms with Crippen molar-refractivity contribution in [1.29, 1.82) is 0 Å². The van der Waals surface area contributed by atoms with Crippen LogP contribution in [-0.4, -0.2) is 50.0 Å². The van der Waals surface area contributed by atoms with Gasteiger partial charge in [0.2, 0.25) is 0 Å². The lowest BCUT2D eigenvalue weighted by Gasteiger charge is -2.33. The van der Waals surface area contributed by atoms with E-state index >= 15 is 0 Å². The minimum Gasteiger partial charge on any atom is -0.491 e. The number of nitrogens with two attached hydrogens (primary N) is 1. The smallest absolute Gasteiger partial charge is 0.137 e. The van der Waals surface area contributed by atoms with E-state index in [-0.39, 0.29) is 5.41 Å². The molecule has 0 spiro atoms. The fraction of sp³-hybridized carbons (Fsp3) is 0.750. The first-order valence-corrected chi connectivity index (χ1v) is 11.2. The Morgan fingerprint density at radius 1 is 1.18 bits per heavy atom. The van der Waals surface area contributed by atoms with Gasteiger partial charge in [0.15, 0.2) is 0 Å². The lowest BCUT2D eigenvalue weighted by Crippen LogP contribution is -3.16. The van der Waals surface area contributed by atoms with E-state index in [1.54, 1.807) is 4.90 Å². The van der Waals surface area contributed by atoms with Crippen LogP contribution >= 0.6 is 0 Å². The summed E-state index contributed by atoms with van der Waals surface area (Å²) in [7, 11) is 0. The first-order valence-electron chi connectivity index (χ1n) is 11.2. The van der Waals surface area contributed by atoms with E-state index in [1.807, 2.05) is 12.1 Å². The molecule has 1 aliphatic rings. The van der Waals surface area contributed by atoms with Crippen molar-refractivity contribution in [3.63, 3.8) is 0 Å². The lowest BCUT2D eigenvalue weighted by atomic mass is 9.72. The lowest BCUT2D eigenvalue weighted by molar-refractivity contribution is -0.924. The molecule has 3 atom stereocenters. The van der Waals surface area contributed by atoms with Crippen LogP contribution in [0.4, 0.5) is 0 Å². The normalized spacial score (nSPS) is 21.7. The number of hydrogen-bond donors (Lipinski definition) is 3. The van der Waals surface area contributed by atoms with Crippen molar-refractivity contribution < 1.29 is 20.1 Å². The summed E-state index contributed by atoms with van der Waals surface area (Å²) in [6.45, 7) is 18.5. The minimum atomic E-state index is -0.427. The van der Waals surface area contributed by atoms with Crippen molar-refractivity contribution in [3.8, 4) is 5.75 Å². The summed E-state index contributed by atoms with van der Waals surface area (Å²) in [5.41, 5.74) is 1.77. The van der Waals surface area contributed by atoms with Gasteiger partial charge in [-0.25, -0.2) is 0 Å². The van der Waals surface area contributed by atoms with E-state index in [0.717, 1.165) is 24.8 Å². The van der Waals surface area contributed by atoms with Crippen LogP contribution in [0.25, 0.3) is 0 Å². The molecule has 0 aliphatic carbocycles. The highest BCUT2D eigenvalue weighted by Gasteiger charge is 2.29. The highest BCUT2D eigenvalue weighted by molar-refractivity contribution is 5.31. The van der Waals surface area contributed by atoms with Crippen LogP contribution < -0.4 is 15.0 Å². The molecule has 0 bridgehead atoms. The number of aliphatic hydroxyl groups excluding tert-OH is 1. The first-order chi connectivity index (χ1) is 13.1. The third kappa shape index (κ3) is 7.38. The zero-order chi connectivity index (χ0) is 20.8. The van der Waals surface area contributed by atoms with Crippen molar-refractivity contribution >= 4 is 0 Å². The molecule has 0 amide bonds. The van der Waals surface area contributed by atoms with E-state index in [9.17, 15) is 5.11 Å². The Labute approximate surface area is 172 Å². The van der Waals surface area contributed by atoms with Crippen LogP contribution in [0.3, 0.4) is 0 Å². The van der Waals surface area contributed by atoms with Gasteiger partial charge < -0.3 is 20.1 Å². The fourth-order valence-corrected chi connectivity index (χ4v) is 4.91. The van der Waals surface area contributed by atoms with Crippen LogP contribution in [0.5, 0.6) is 5.75 Å². The summed E-state index contributed by atoms with van der Waals surface area (Å²) >= 11 is 0. The molecule has 1 heterocycles. The van der Waals surface area contributed by atoms with Crippen LogP contribution in [-0.2, 0) is 5.41 Å². The average molecular weight is 393 g/mol. The van der Waals surface area contributed by atoms with E-state index in [4.69, 9.17) is 4.74 Å². The molecular formula is C24H44N2O2+2. The molecule has 0 radical (unpaired) electrons. The Hall–Kier alpha value is -1.10. The van der Waals surface area contributed by atoms with Gasteiger partial charge >= 0.3 is 0 Å². The summed E-state index contributed by atoms with van der Waals surface area (Å²) < 4.78 is 5.83. The Balaban J connectivity index is 1.73. The standard InChI is InChI=1S/C24H42N2O2/c1-7-26-14-8-9-20(26)15-25-16-21(27)17-28-22-12-10-19(11-13-22)24(5,6)18-23(2,3)4/h10-13,20-21,25,27H,7-9,14-18H2,1-6H3/p+2/t20-,21+/m1/s1. The third-order valence-electron chi connectivity index (χ3n) is 6.02. The predicted octanol–water partition coefficient (Wildman–Crippen LogP) is 1.77. The highest BCUT2D eigenvalue weighted by atomic mass is 16.5. The summed E-state index contributed by atoms with van der Waals surface area (Å²) in [6.07, 6.45) is 3.37. The van der Waals surface area contributed by atoms with Crippen molar-refractivity contribution in [2.75, 3.05) is 32.8 Å². The largest absolute Gasteiger partial charge is 0.491 e. The van der Waals surface area contributed by atoms with Crippen LogP contribution in [0.2, 0.25) is 0 Å². The third-order valence-corrected chi connectivity index (χ3v) is 6.02. The highest BCUT2D eigenvalue weighted by Crippen LogP contribution is 2.36. The van der Waals surface area contributed by atoms with Gasteiger partial charge in [0.05, 0.1) is 13.1 Å². The SMILES string of the molecule is CC[NH+]1CCC[C@@H]1C[NH2+]C[C@H](O)COc1ccc(C(C)(C)CC(C)(C)C)cc1. The first kappa shape index (κ1) is 23.2. The molecule has 4 heteroatoms. The number of aliphatic hydroxyl groups is 1. The van der Waals surface area contributed by atoms with Crippen LogP contribution in [0.1, 0.15) is 66.4 Å². The number of quaternary nitrogens is 2. The van der Waals surface area contributed by atoms with E-state index in [2.05, 4.69) is 59.0 Å². The maximum atomic E-state index is 10.3. The Morgan fingerprint density at radius 2 is 1.86 bits per heavy atom. The fourth-order valence-electron chi connectivity index (χ4n) is 4.91. The number of hydrogen-bond acceptors (Lipinski definition) is 2. The van der Waals surface area contributed by atoms with Gasteiger partial charge in [0.1, 0.15) is 37.6 Å². The van der Waals surface area contributed by atoms with Crippen LogP contribution in [0, 0.1) is 5.41 Å². The second-order valence-electron chi connectivity index (χ2n) is 10.5. The van der Waals surface area contributed by atoms with E-state index in [1.165, 1.54) is 31.5 Å². The molecule has 2 rings (SSSR count). The van der Waals surface area contributed by atoms with Crippen molar-refractivity contribution in [1.82, 2.24) is 0 Å². The van der Waals surface area contributed by atoms with Crippen molar-refractivity contribution in [2.24, 2.45) is 5.41 Å². The molecule has 1 aromatic carbocycles. The van der Waals surface area contributed by atoms with Gasteiger partial charge in [-0.2, -0.15) is 0 Å². The number of likely N-dealkylation sites (N-methyl/N-ethyl adjacent to an activating group) is 1. The molecule has 0 saturated carbocycles. The summed E-state index contributed by atoms with van der Waals surface area (Å²) in [4.78, 5) is 1.72. The molecule has 1 saturated heterocycles. The topological polar surface area (TPSA) is 50.5 Å². The molecule has 1 aromatic rings. The van der Waals surface area contributed by atoms with Gasteiger partial charge in [-0.1, -0.05) is 46.8 Å². The van der Waals surface area contributed by atoms with Crippen molar-refractivity contribution in [2.45, 2.75) is 78.4 Å². The predicted molar refractivity (Wildman–Crippen MR) is 116 cm³/mol. The maximum Gasteiger partial charge on any atom is 0.137 e. The maximum absolute atomic E-state index is 10.3. The number of ether oxygens (including phenoxy) is 1. The Morgan fingerprint density at radius 3 is 2.46 bits per heavy atom. The minimum absolute atomic E-state index is 0.139. The molecule has 28 heavy (non-hydrogen) atoms. The second-order valence-corrected chi connectivity index (χ2v) is 10.5. The Bertz CT molecular complexity index is 577. The molecule has 1 unspecified atom stereocenters. The quantitative estimate of drug-likeness (QED) is 0.568. The average Bonchev–Trinajstić information content (AvgIpc) is 3.06. The van der Waals surface area contributed by atoms with Crippen LogP contribution in [0.15, 0.2) is 24.3 Å². The van der Waals surface area contributed by atoms with Gasteiger partial charge in [-0.05, 0) is 41.9 Å². The van der Waals surface area contributed by atoms with Gasteiger partial charge in [0.25, 0.3) is 0 Å². The zero-order valence-electron chi connectivity index (χ0n) is 19.1. The summed E-state index contributed by atoms with van der Waals surface area (Å²) in [6, 6.07) is 9.17. The molecule has 1 fully saturated rings. The number of rotatable bonds is 10. The number of nitrogens with one attached hydrogen (secondary N) is 1. The van der Waals surface area contributed by atoms with Crippen molar-refractivity contribution in [3.05, 3.63) is 29.8 Å². The van der Waals surface area contributed by atoms with Gasteiger partial charge in [-0.3, -0.25) is 0 Å². The Kier molecular flexibility index (Phi) is 8.35. The molecule has 0 aromatic heterocycles. The number of benzene rings is 1. The van der Waals surface area contributed by atoms with E-state index in [0.29, 0.717) is 18.6 Å². The summed E-state index contributed by atoms with van der Waals surface area (Å²) in [5.74, 6) is 0.840. The summed E-state index contributed by atoms with van der Waals surface area (Å²) in [5, 5.41) is 12.5. The van der Waals surface area contributed by atoms with Gasteiger partial charge in [0, 0.05) is 12.8 Å². The number of likely N-dealkylation sites (tertiary alicyclic amines) is 1. The molecule has 4 N–H and O–H groups in total.